The summed E-state index contributed by atoms with van der Waals surface area (Å²) in [4.78, 5) is 7.14. The van der Waals surface area contributed by atoms with Crippen molar-refractivity contribution in [3.63, 3.8) is 0 Å². The van der Waals surface area contributed by atoms with Crippen molar-refractivity contribution in [2.75, 3.05) is 11.9 Å². The van der Waals surface area contributed by atoms with E-state index in [0.29, 0.717) is 12.6 Å². The van der Waals surface area contributed by atoms with Gasteiger partial charge in [-0.15, -0.1) is 0 Å². The van der Waals surface area contributed by atoms with Crippen molar-refractivity contribution in [2.45, 2.75) is 32.0 Å². The lowest BCUT2D eigenvalue weighted by Crippen LogP contribution is -2.26. The van der Waals surface area contributed by atoms with Crippen molar-refractivity contribution in [2.24, 2.45) is 0 Å². The molecule has 5 heteroatoms. The van der Waals surface area contributed by atoms with Crippen molar-refractivity contribution in [3.05, 3.63) is 45.2 Å². The molecule has 0 bridgehead atoms. The van der Waals surface area contributed by atoms with Crippen molar-refractivity contribution < 1.29 is 0 Å². The molecule has 106 valence electrons. The number of pyridine rings is 1. The number of nitrogens with one attached hydrogen (secondary N) is 1. The maximum atomic E-state index is 6.20. The van der Waals surface area contributed by atoms with Crippen LogP contribution in [0.2, 0.25) is 5.02 Å². The minimum Gasteiger partial charge on any atom is -0.349 e. The van der Waals surface area contributed by atoms with Gasteiger partial charge >= 0.3 is 0 Å². The highest BCUT2D eigenvalue weighted by atomic mass is 35.5. The summed E-state index contributed by atoms with van der Waals surface area (Å²) >= 11 is 7.94. The normalized spacial score (nSPS) is 14.5. The molecule has 3 nitrogen and oxygen atoms in total. The molecule has 1 fully saturated rings. The van der Waals surface area contributed by atoms with Gasteiger partial charge in [0.15, 0.2) is 0 Å². The molecule has 2 heterocycles. The number of anilines is 1. The van der Waals surface area contributed by atoms with Gasteiger partial charge in [0.05, 0.1) is 10.7 Å². The third-order valence-corrected chi connectivity index (χ3v) is 4.54. The van der Waals surface area contributed by atoms with Crippen LogP contribution in [0.3, 0.4) is 0 Å². The average molecular weight is 308 g/mol. The van der Waals surface area contributed by atoms with Gasteiger partial charge in [-0.3, -0.25) is 0 Å². The van der Waals surface area contributed by atoms with Gasteiger partial charge in [-0.25, -0.2) is 4.98 Å². The Labute approximate surface area is 128 Å². The molecule has 3 rings (SSSR count). The van der Waals surface area contributed by atoms with E-state index in [1.54, 1.807) is 11.3 Å². The Morgan fingerprint density at radius 3 is 2.90 bits per heavy atom. The number of aromatic nitrogens is 1. The molecule has 0 radical (unpaired) electrons. The first-order valence-electron chi connectivity index (χ1n) is 6.85. The summed E-state index contributed by atoms with van der Waals surface area (Å²) in [6.07, 6.45) is 2.52. The van der Waals surface area contributed by atoms with Gasteiger partial charge in [0.1, 0.15) is 5.82 Å². The van der Waals surface area contributed by atoms with E-state index in [1.807, 2.05) is 19.2 Å². The summed E-state index contributed by atoms with van der Waals surface area (Å²) in [6, 6.07) is 6.81. The lowest BCUT2D eigenvalue weighted by atomic mass is 10.2. The van der Waals surface area contributed by atoms with Gasteiger partial charge in [0.2, 0.25) is 0 Å². The summed E-state index contributed by atoms with van der Waals surface area (Å²) < 4.78 is 0. The van der Waals surface area contributed by atoms with Crippen LogP contribution in [-0.2, 0) is 13.1 Å². The van der Waals surface area contributed by atoms with Crippen LogP contribution in [0.5, 0.6) is 0 Å². The Morgan fingerprint density at radius 1 is 1.40 bits per heavy atom. The highest BCUT2D eigenvalue weighted by Crippen LogP contribution is 2.33. The molecule has 0 saturated heterocycles. The molecule has 2 aromatic rings. The molecule has 0 aliphatic heterocycles. The quantitative estimate of drug-likeness (QED) is 0.882. The zero-order valence-corrected chi connectivity index (χ0v) is 13.0. The molecule has 0 spiro atoms. The summed E-state index contributed by atoms with van der Waals surface area (Å²) in [6.45, 7) is 1.63. The fourth-order valence-corrected chi connectivity index (χ4v) is 3.12. The third-order valence-electron chi connectivity index (χ3n) is 3.46. The third kappa shape index (κ3) is 3.14. The van der Waals surface area contributed by atoms with Crippen LogP contribution in [-0.4, -0.2) is 18.1 Å². The molecule has 0 amide bonds. The second-order valence-corrected chi connectivity index (χ2v) is 6.31. The van der Waals surface area contributed by atoms with Crippen LogP contribution < -0.4 is 10.2 Å². The first-order valence-corrected chi connectivity index (χ1v) is 8.17. The minimum absolute atomic E-state index is 0.631. The summed E-state index contributed by atoms with van der Waals surface area (Å²) in [7, 11) is 1.91. The maximum absolute atomic E-state index is 6.20. The van der Waals surface area contributed by atoms with Crippen LogP contribution in [0.4, 0.5) is 5.82 Å². The Kier molecular flexibility index (Phi) is 4.24. The van der Waals surface area contributed by atoms with Gasteiger partial charge in [0.25, 0.3) is 0 Å². The highest BCUT2D eigenvalue weighted by molar-refractivity contribution is 7.07. The van der Waals surface area contributed by atoms with E-state index >= 15 is 0 Å². The number of nitrogens with zero attached hydrogens (tertiary/aromatic N) is 2. The fraction of sp³-hybridized carbons (Fsp3) is 0.400. The topological polar surface area (TPSA) is 28.2 Å². The smallest absolute Gasteiger partial charge is 0.129 e. The van der Waals surface area contributed by atoms with Crippen LogP contribution in [0.1, 0.15) is 24.1 Å². The molecule has 0 atom stereocenters. The van der Waals surface area contributed by atoms with Crippen molar-refractivity contribution in [1.82, 2.24) is 10.3 Å². The molecule has 1 aliphatic rings. The number of hydrogen-bond acceptors (Lipinski definition) is 4. The Hall–Kier alpha value is -1.10. The van der Waals surface area contributed by atoms with E-state index in [0.717, 1.165) is 23.1 Å². The van der Waals surface area contributed by atoms with E-state index in [2.05, 4.69) is 27.0 Å². The Bertz CT molecular complexity index is 567. The second kappa shape index (κ2) is 6.12. The molecule has 0 unspecified atom stereocenters. The van der Waals surface area contributed by atoms with Crippen molar-refractivity contribution in [3.8, 4) is 0 Å². The van der Waals surface area contributed by atoms with E-state index in [1.165, 1.54) is 18.4 Å². The zero-order valence-electron chi connectivity index (χ0n) is 11.5. The Morgan fingerprint density at radius 2 is 2.25 bits per heavy atom. The Balaban J connectivity index is 1.85. The molecule has 2 aromatic heterocycles. The first kappa shape index (κ1) is 13.9. The average Bonchev–Trinajstić information content (AvgIpc) is 3.16. The first-order chi connectivity index (χ1) is 9.78. The monoisotopic (exact) mass is 307 g/mol. The van der Waals surface area contributed by atoms with Gasteiger partial charge in [-0.2, -0.15) is 11.3 Å². The molecule has 0 aromatic carbocycles. The van der Waals surface area contributed by atoms with Crippen LogP contribution in [0.15, 0.2) is 29.0 Å². The van der Waals surface area contributed by atoms with E-state index in [4.69, 9.17) is 16.6 Å². The minimum atomic E-state index is 0.631. The molecule has 1 aliphatic carbocycles. The molecule has 20 heavy (non-hydrogen) atoms. The summed E-state index contributed by atoms with van der Waals surface area (Å²) in [5.41, 5.74) is 2.27. The summed E-state index contributed by atoms with van der Waals surface area (Å²) in [5.74, 6) is 1.04. The van der Waals surface area contributed by atoms with E-state index < -0.39 is 0 Å². The molecule has 1 N–H and O–H groups in total. The molecular weight excluding hydrogens is 290 g/mol. The van der Waals surface area contributed by atoms with Gasteiger partial charge in [0, 0.05) is 19.1 Å². The predicted molar refractivity (Wildman–Crippen MR) is 85.5 cm³/mol. The molecule has 1 saturated carbocycles. The standard InChI is InChI=1S/C15H18ClN3S/c1-17-8-14-13(16)4-5-15(18-14)19(12-2-3-12)9-11-6-7-20-10-11/h4-7,10,12,17H,2-3,8-9H2,1H3. The number of thiophene rings is 1. The van der Waals surface area contributed by atoms with Gasteiger partial charge in [-0.1, -0.05) is 11.6 Å². The van der Waals surface area contributed by atoms with Crippen molar-refractivity contribution in [1.29, 1.82) is 0 Å². The van der Waals surface area contributed by atoms with Gasteiger partial charge in [-0.05, 0) is 54.4 Å². The van der Waals surface area contributed by atoms with Crippen molar-refractivity contribution >= 4 is 28.8 Å². The van der Waals surface area contributed by atoms with Crippen LogP contribution >= 0.6 is 22.9 Å². The number of halogens is 1. The molecular formula is C15H18ClN3S. The van der Waals surface area contributed by atoms with Gasteiger partial charge < -0.3 is 10.2 Å². The number of rotatable bonds is 6. The van der Waals surface area contributed by atoms with Crippen LogP contribution in [0, 0.1) is 0 Å². The SMILES string of the molecule is CNCc1nc(N(Cc2ccsc2)C2CC2)ccc1Cl. The van der Waals surface area contributed by atoms with Crippen LogP contribution in [0.25, 0.3) is 0 Å². The highest BCUT2D eigenvalue weighted by Gasteiger charge is 2.30. The lowest BCUT2D eigenvalue weighted by molar-refractivity contribution is 0.754. The predicted octanol–water partition coefficient (Wildman–Crippen LogP) is 3.68. The lowest BCUT2D eigenvalue weighted by Gasteiger charge is -2.24. The summed E-state index contributed by atoms with van der Waals surface area (Å²) in [5, 5.41) is 8.18. The number of hydrogen-bond donors (Lipinski definition) is 1. The zero-order chi connectivity index (χ0) is 13.9. The second-order valence-electron chi connectivity index (χ2n) is 5.12. The van der Waals surface area contributed by atoms with E-state index in [9.17, 15) is 0 Å². The maximum Gasteiger partial charge on any atom is 0.129 e. The van der Waals surface area contributed by atoms with E-state index in [-0.39, 0.29) is 0 Å². The fourth-order valence-electron chi connectivity index (χ4n) is 2.29. The largest absolute Gasteiger partial charge is 0.349 e.